The van der Waals surface area contributed by atoms with Crippen LogP contribution in [0.15, 0.2) is 48.8 Å². The summed E-state index contributed by atoms with van der Waals surface area (Å²) in [7, 11) is 1.64. The Hall–Kier alpha value is -2.82. The van der Waals surface area contributed by atoms with E-state index in [9.17, 15) is 0 Å². The van der Waals surface area contributed by atoms with Crippen molar-refractivity contribution in [1.82, 2.24) is 9.97 Å². The first kappa shape index (κ1) is 14.1. The smallest absolute Gasteiger partial charge is 0.142 e. The van der Waals surface area contributed by atoms with E-state index in [4.69, 9.17) is 9.47 Å². The van der Waals surface area contributed by atoms with Crippen molar-refractivity contribution in [3.05, 3.63) is 48.8 Å². The standard InChI is InChI=1S/C17H17N3O2/c1-3-22-16-7-5-4-6-14(16)20-17-13-9-8-12(21-2)10-15(13)18-11-19-17/h4-11H,3H2,1-2H3,(H,18,19,20). The molecule has 22 heavy (non-hydrogen) atoms. The molecule has 2 aromatic carbocycles. The molecule has 0 aliphatic rings. The lowest BCUT2D eigenvalue weighted by Crippen LogP contribution is -2.00. The first-order valence-electron chi connectivity index (χ1n) is 7.09. The maximum absolute atomic E-state index is 5.63. The summed E-state index contributed by atoms with van der Waals surface area (Å²) in [5.74, 6) is 2.30. The Kier molecular flexibility index (Phi) is 4.05. The van der Waals surface area contributed by atoms with Crippen molar-refractivity contribution in [2.75, 3.05) is 19.0 Å². The van der Waals surface area contributed by atoms with Crippen LogP contribution in [-0.4, -0.2) is 23.7 Å². The maximum atomic E-state index is 5.63. The van der Waals surface area contributed by atoms with E-state index < -0.39 is 0 Å². The number of benzene rings is 2. The second-order valence-corrected chi connectivity index (χ2v) is 4.66. The molecule has 0 amide bonds. The van der Waals surface area contributed by atoms with Crippen LogP contribution in [0.5, 0.6) is 11.5 Å². The number of methoxy groups -OCH3 is 1. The van der Waals surface area contributed by atoms with Crippen molar-refractivity contribution in [3.63, 3.8) is 0 Å². The lowest BCUT2D eigenvalue weighted by atomic mass is 10.2. The van der Waals surface area contributed by atoms with E-state index in [1.54, 1.807) is 7.11 Å². The van der Waals surface area contributed by atoms with Crippen molar-refractivity contribution >= 4 is 22.4 Å². The Morgan fingerprint density at radius 2 is 1.95 bits per heavy atom. The highest BCUT2D eigenvalue weighted by atomic mass is 16.5. The van der Waals surface area contributed by atoms with Crippen LogP contribution >= 0.6 is 0 Å². The van der Waals surface area contributed by atoms with Crippen molar-refractivity contribution in [3.8, 4) is 11.5 Å². The van der Waals surface area contributed by atoms with Gasteiger partial charge >= 0.3 is 0 Å². The molecule has 5 heteroatoms. The van der Waals surface area contributed by atoms with Crippen LogP contribution in [0.2, 0.25) is 0 Å². The molecule has 0 atom stereocenters. The molecule has 1 heterocycles. The second-order valence-electron chi connectivity index (χ2n) is 4.66. The number of hydrogen-bond donors (Lipinski definition) is 1. The maximum Gasteiger partial charge on any atom is 0.142 e. The van der Waals surface area contributed by atoms with E-state index in [1.165, 1.54) is 6.33 Å². The summed E-state index contributed by atoms with van der Waals surface area (Å²) >= 11 is 0. The van der Waals surface area contributed by atoms with Crippen LogP contribution in [-0.2, 0) is 0 Å². The van der Waals surface area contributed by atoms with Gasteiger partial charge in [0.25, 0.3) is 0 Å². The number of ether oxygens (including phenoxy) is 2. The van der Waals surface area contributed by atoms with Gasteiger partial charge in [-0.2, -0.15) is 0 Å². The molecular weight excluding hydrogens is 278 g/mol. The van der Waals surface area contributed by atoms with Gasteiger partial charge in [0.1, 0.15) is 23.6 Å². The monoisotopic (exact) mass is 295 g/mol. The van der Waals surface area contributed by atoms with Gasteiger partial charge in [0, 0.05) is 11.5 Å². The van der Waals surface area contributed by atoms with Gasteiger partial charge in [0.15, 0.2) is 0 Å². The third-order valence-corrected chi connectivity index (χ3v) is 3.28. The zero-order valence-corrected chi connectivity index (χ0v) is 12.5. The molecule has 5 nitrogen and oxygen atoms in total. The zero-order chi connectivity index (χ0) is 15.4. The van der Waals surface area contributed by atoms with E-state index in [0.717, 1.165) is 33.9 Å². The summed E-state index contributed by atoms with van der Waals surface area (Å²) in [5.41, 5.74) is 1.70. The van der Waals surface area contributed by atoms with Gasteiger partial charge in [-0.25, -0.2) is 9.97 Å². The molecule has 0 aliphatic heterocycles. The second kappa shape index (κ2) is 6.30. The number of nitrogens with one attached hydrogen (secondary N) is 1. The van der Waals surface area contributed by atoms with Gasteiger partial charge in [-0.3, -0.25) is 0 Å². The lowest BCUT2D eigenvalue weighted by molar-refractivity contribution is 0.342. The van der Waals surface area contributed by atoms with Crippen LogP contribution in [0.3, 0.4) is 0 Å². The molecule has 1 aromatic heterocycles. The minimum atomic E-state index is 0.612. The molecule has 0 saturated heterocycles. The number of para-hydroxylation sites is 2. The molecule has 3 rings (SSSR count). The molecular formula is C17H17N3O2. The summed E-state index contributed by atoms with van der Waals surface area (Å²) < 4.78 is 10.9. The van der Waals surface area contributed by atoms with Crippen LogP contribution in [0, 0.1) is 0 Å². The van der Waals surface area contributed by atoms with Crippen LogP contribution in [0.1, 0.15) is 6.92 Å². The fourth-order valence-electron chi connectivity index (χ4n) is 2.24. The van der Waals surface area contributed by atoms with E-state index >= 15 is 0 Å². The van der Waals surface area contributed by atoms with E-state index in [1.807, 2.05) is 49.4 Å². The molecule has 0 saturated carbocycles. The molecule has 0 spiro atoms. The molecule has 0 radical (unpaired) electrons. The van der Waals surface area contributed by atoms with Gasteiger partial charge in [0.05, 0.1) is 24.9 Å². The van der Waals surface area contributed by atoms with Crippen molar-refractivity contribution in [1.29, 1.82) is 0 Å². The van der Waals surface area contributed by atoms with Gasteiger partial charge in [-0.1, -0.05) is 12.1 Å². The predicted molar refractivity (Wildman–Crippen MR) is 87.0 cm³/mol. The van der Waals surface area contributed by atoms with Crippen molar-refractivity contribution in [2.24, 2.45) is 0 Å². The third kappa shape index (κ3) is 2.79. The van der Waals surface area contributed by atoms with E-state index in [0.29, 0.717) is 6.61 Å². The highest BCUT2D eigenvalue weighted by Gasteiger charge is 2.08. The molecule has 3 aromatic rings. The summed E-state index contributed by atoms with van der Waals surface area (Å²) in [6, 6.07) is 13.5. The first-order chi connectivity index (χ1) is 10.8. The lowest BCUT2D eigenvalue weighted by Gasteiger charge is -2.13. The molecule has 0 fully saturated rings. The fourth-order valence-corrected chi connectivity index (χ4v) is 2.24. The normalized spacial score (nSPS) is 10.5. The number of rotatable bonds is 5. The number of hydrogen-bond acceptors (Lipinski definition) is 5. The zero-order valence-electron chi connectivity index (χ0n) is 12.5. The van der Waals surface area contributed by atoms with Crippen molar-refractivity contribution in [2.45, 2.75) is 6.92 Å². The van der Waals surface area contributed by atoms with Gasteiger partial charge in [0.2, 0.25) is 0 Å². The fraction of sp³-hybridized carbons (Fsp3) is 0.176. The van der Waals surface area contributed by atoms with Crippen molar-refractivity contribution < 1.29 is 9.47 Å². The summed E-state index contributed by atoms with van der Waals surface area (Å²) in [6.45, 7) is 2.57. The third-order valence-electron chi connectivity index (χ3n) is 3.28. The van der Waals surface area contributed by atoms with Gasteiger partial charge in [-0.15, -0.1) is 0 Å². The number of anilines is 2. The Morgan fingerprint density at radius 1 is 1.09 bits per heavy atom. The highest BCUT2D eigenvalue weighted by molar-refractivity contribution is 5.91. The highest BCUT2D eigenvalue weighted by Crippen LogP contribution is 2.30. The minimum absolute atomic E-state index is 0.612. The van der Waals surface area contributed by atoms with Gasteiger partial charge in [-0.05, 0) is 31.2 Å². The van der Waals surface area contributed by atoms with Crippen LogP contribution in [0.4, 0.5) is 11.5 Å². The Labute approximate surface area is 128 Å². The Balaban J connectivity index is 2.01. The molecule has 0 aliphatic carbocycles. The van der Waals surface area contributed by atoms with E-state index in [2.05, 4.69) is 15.3 Å². The summed E-state index contributed by atoms with van der Waals surface area (Å²) in [6.07, 6.45) is 1.54. The first-order valence-corrected chi connectivity index (χ1v) is 7.09. The number of fused-ring (bicyclic) bond motifs is 1. The summed E-state index contributed by atoms with van der Waals surface area (Å²) in [4.78, 5) is 8.63. The summed E-state index contributed by atoms with van der Waals surface area (Å²) in [5, 5.41) is 4.25. The molecule has 0 bridgehead atoms. The molecule has 1 N–H and O–H groups in total. The average molecular weight is 295 g/mol. The SMILES string of the molecule is CCOc1ccccc1Nc1ncnc2cc(OC)ccc12. The number of nitrogens with zero attached hydrogens (tertiary/aromatic N) is 2. The number of aromatic nitrogens is 2. The Bertz CT molecular complexity index is 790. The minimum Gasteiger partial charge on any atom is -0.497 e. The molecule has 0 unspecified atom stereocenters. The topological polar surface area (TPSA) is 56.3 Å². The quantitative estimate of drug-likeness (QED) is 0.776. The van der Waals surface area contributed by atoms with Gasteiger partial charge < -0.3 is 14.8 Å². The van der Waals surface area contributed by atoms with Crippen LogP contribution < -0.4 is 14.8 Å². The largest absolute Gasteiger partial charge is 0.497 e. The molecule has 112 valence electrons. The van der Waals surface area contributed by atoms with E-state index in [-0.39, 0.29) is 0 Å². The van der Waals surface area contributed by atoms with Crippen LogP contribution in [0.25, 0.3) is 10.9 Å². The predicted octanol–water partition coefficient (Wildman–Crippen LogP) is 3.78. The Morgan fingerprint density at radius 3 is 2.77 bits per heavy atom. The average Bonchev–Trinajstić information content (AvgIpc) is 2.56.